The number of ether oxygens (including phenoxy) is 2. The fourth-order valence-electron chi connectivity index (χ4n) is 2.62. The van der Waals surface area contributed by atoms with E-state index in [0.29, 0.717) is 19.6 Å². The van der Waals surface area contributed by atoms with E-state index in [1.807, 2.05) is 6.92 Å². The fraction of sp³-hybridized carbons (Fsp3) is 0.733. The van der Waals surface area contributed by atoms with Crippen LogP contribution >= 0.6 is 0 Å². The molecule has 0 aromatic heterocycles. The summed E-state index contributed by atoms with van der Waals surface area (Å²) in [5.41, 5.74) is -0.324. The minimum Gasteiger partial charge on any atom is -0.466 e. The molecule has 1 rings (SSSR count). The van der Waals surface area contributed by atoms with E-state index in [1.54, 1.807) is 13.0 Å². The first kappa shape index (κ1) is 15.7. The molecule has 0 saturated heterocycles. The van der Waals surface area contributed by atoms with E-state index >= 15 is 0 Å². The van der Waals surface area contributed by atoms with Gasteiger partial charge >= 0.3 is 11.9 Å². The first-order chi connectivity index (χ1) is 9.14. The number of carbonyl (C=O) groups excluding carboxylic acids is 2. The number of rotatable bonds is 7. The average molecular weight is 268 g/mol. The minimum absolute atomic E-state index is 0.0722. The Morgan fingerprint density at radius 1 is 1.11 bits per heavy atom. The molecule has 0 aliphatic heterocycles. The van der Waals surface area contributed by atoms with E-state index < -0.39 is 0 Å². The summed E-state index contributed by atoms with van der Waals surface area (Å²) < 4.78 is 10.00. The standard InChI is InChI=1S/C15H24O4/c1-3-18-13(16)9-5-6-10-15(11-7-8-12-15)14(17)19-4-2/h5,9H,3-4,6-8,10-12H2,1-2H3/b9-5+. The fourth-order valence-corrected chi connectivity index (χ4v) is 2.62. The van der Waals surface area contributed by atoms with Crippen molar-refractivity contribution in [1.29, 1.82) is 0 Å². The highest BCUT2D eigenvalue weighted by atomic mass is 16.5. The lowest BCUT2D eigenvalue weighted by Gasteiger charge is -2.25. The molecular weight excluding hydrogens is 244 g/mol. The summed E-state index contributed by atoms with van der Waals surface area (Å²) in [6.45, 7) is 4.43. The lowest BCUT2D eigenvalue weighted by atomic mass is 9.81. The Morgan fingerprint density at radius 3 is 2.32 bits per heavy atom. The maximum atomic E-state index is 12.1. The average Bonchev–Trinajstić information content (AvgIpc) is 2.85. The van der Waals surface area contributed by atoms with Gasteiger partial charge in [-0.1, -0.05) is 18.9 Å². The highest BCUT2D eigenvalue weighted by molar-refractivity contribution is 5.81. The van der Waals surface area contributed by atoms with Gasteiger partial charge in [-0.3, -0.25) is 4.79 Å². The summed E-state index contributed by atoms with van der Waals surface area (Å²) in [5, 5.41) is 0. The van der Waals surface area contributed by atoms with Gasteiger partial charge in [0, 0.05) is 6.08 Å². The molecule has 0 N–H and O–H groups in total. The third-order valence-corrected chi connectivity index (χ3v) is 3.60. The molecule has 0 amide bonds. The Bertz CT molecular complexity index is 327. The Balaban J connectivity index is 2.46. The molecule has 0 spiro atoms. The largest absolute Gasteiger partial charge is 0.466 e. The van der Waals surface area contributed by atoms with Crippen molar-refractivity contribution in [1.82, 2.24) is 0 Å². The van der Waals surface area contributed by atoms with Gasteiger partial charge in [0.15, 0.2) is 0 Å². The van der Waals surface area contributed by atoms with Gasteiger partial charge in [-0.05, 0) is 39.5 Å². The summed E-state index contributed by atoms with van der Waals surface area (Å²) in [6.07, 6.45) is 8.66. The van der Waals surface area contributed by atoms with Crippen LogP contribution in [0.25, 0.3) is 0 Å². The van der Waals surface area contributed by atoms with Crippen LogP contribution in [0.5, 0.6) is 0 Å². The second kappa shape index (κ2) is 7.97. The summed E-state index contributed by atoms with van der Waals surface area (Å²) in [5.74, 6) is -0.392. The Kier molecular flexibility index (Phi) is 6.60. The van der Waals surface area contributed by atoms with Crippen molar-refractivity contribution in [3.8, 4) is 0 Å². The van der Waals surface area contributed by atoms with Crippen molar-refractivity contribution in [3.05, 3.63) is 12.2 Å². The molecule has 4 nitrogen and oxygen atoms in total. The monoisotopic (exact) mass is 268 g/mol. The molecule has 19 heavy (non-hydrogen) atoms. The molecule has 0 aromatic carbocycles. The molecule has 0 aromatic rings. The van der Waals surface area contributed by atoms with Crippen molar-refractivity contribution in [2.24, 2.45) is 5.41 Å². The van der Waals surface area contributed by atoms with Crippen LogP contribution in [0, 0.1) is 5.41 Å². The molecule has 0 bridgehead atoms. The Morgan fingerprint density at radius 2 is 1.74 bits per heavy atom. The molecule has 1 saturated carbocycles. The molecule has 4 heteroatoms. The number of hydrogen-bond acceptors (Lipinski definition) is 4. The van der Waals surface area contributed by atoms with Crippen molar-refractivity contribution in [2.45, 2.75) is 52.4 Å². The van der Waals surface area contributed by atoms with Crippen LogP contribution in [0.15, 0.2) is 12.2 Å². The molecule has 0 atom stereocenters. The van der Waals surface area contributed by atoms with E-state index in [0.717, 1.165) is 32.1 Å². The molecule has 0 unspecified atom stereocenters. The number of hydrogen-bond donors (Lipinski definition) is 0. The van der Waals surface area contributed by atoms with Gasteiger partial charge in [-0.25, -0.2) is 4.79 Å². The first-order valence-electron chi connectivity index (χ1n) is 7.15. The Labute approximate surface area is 115 Å². The van der Waals surface area contributed by atoms with E-state index in [2.05, 4.69) is 0 Å². The van der Waals surface area contributed by atoms with Crippen molar-refractivity contribution >= 4 is 11.9 Å². The zero-order chi connectivity index (χ0) is 14.1. The van der Waals surface area contributed by atoms with Crippen LogP contribution in [0.4, 0.5) is 0 Å². The van der Waals surface area contributed by atoms with Gasteiger partial charge in [0.2, 0.25) is 0 Å². The van der Waals surface area contributed by atoms with Gasteiger partial charge in [0.1, 0.15) is 0 Å². The normalized spacial score (nSPS) is 17.6. The highest BCUT2D eigenvalue weighted by Gasteiger charge is 2.41. The molecule has 1 aliphatic rings. The Hall–Kier alpha value is -1.32. The molecule has 0 heterocycles. The molecule has 1 aliphatic carbocycles. The van der Waals surface area contributed by atoms with Crippen LogP contribution < -0.4 is 0 Å². The van der Waals surface area contributed by atoms with Crippen molar-refractivity contribution < 1.29 is 19.1 Å². The third-order valence-electron chi connectivity index (χ3n) is 3.60. The number of carbonyl (C=O) groups is 2. The topological polar surface area (TPSA) is 52.6 Å². The lowest BCUT2D eigenvalue weighted by molar-refractivity contribution is -0.155. The predicted octanol–water partition coefficient (Wildman–Crippen LogP) is 3.01. The maximum Gasteiger partial charge on any atom is 0.330 e. The van der Waals surface area contributed by atoms with E-state index in [1.165, 1.54) is 6.08 Å². The molecule has 1 fully saturated rings. The first-order valence-corrected chi connectivity index (χ1v) is 7.15. The molecule has 108 valence electrons. The summed E-state index contributed by atoms with van der Waals surface area (Å²) in [7, 11) is 0. The second-order valence-electron chi connectivity index (χ2n) is 4.90. The van der Waals surface area contributed by atoms with Crippen LogP contribution in [0.2, 0.25) is 0 Å². The van der Waals surface area contributed by atoms with Gasteiger partial charge in [0.25, 0.3) is 0 Å². The van der Waals surface area contributed by atoms with Gasteiger partial charge < -0.3 is 9.47 Å². The quantitative estimate of drug-likeness (QED) is 0.526. The summed E-state index contributed by atoms with van der Waals surface area (Å²) in [6, 6.07) is 0. The summed E-state index contributed by atoms with van der Waals surface area (Å²) >= 11 is 0. The number of esters is 2. The van der Waals surface area contributed by atoms with E-state index in [-0.39, 0.29) is 17.4 Å². The van der Waals surface area contributed by atoms with Gasteiger partial charge in [-0.15, -0.1) is 0 Å². The van der Waals surface area contributed by atoms with Gasteiger partial charge in [0.05, 0.1) is 18.6 Å². The maximum absolute atomic E-state index is 12.1. The van der Waals surface area contributed by atoms with E-state index in [9.17, 15) is 9.59 Å². The number of allylic oxidation sites excluding steroid dienone is 1. The molecule has 0 radical (unpaired) electrons. The van der Waals surface area contributed by atoms with E-state index in [4.69, 9.17) is 9.47 Å². The summed E-state index contributed by atoms with van der Waals surface area (Å²) in [4.78, 5) is 23.2. The van der Waals surface area contributed by atoms with Crippen LogP contribution in [-0.4, -0.2) is 25.2 Å². The second-order valence-corrected chi connectivity index (χ2v) is 4.90. The molecular formula is C15H24O4. The van der Waals surface area contributed by atoms with Crippen LogP contribution in [0.3, 0.4) is 0 Å². The van der Waals surface area contributed by atoms with Crippen molar-refractivity contribution in [3.63, 3.8) is 0 Å². The van der Waals surface area contributed by atoms with Crippen LogP contribution in [-0.2, 0) is 19.1 Å². The predicted molar refractivity (Wildman–Crippen MR) is 72.5 cm³/mol. The zero-order valence-electron chi connectivity index (χ0n) is 11.9. The third kappa shape index (κ3) is 4.69. The zero-order valence-corrected chi connectivity index (χ0v) is 11.9. The SMILES string of the molecule is CCOC(=O)/C=C/CCC1(C(=O)OCC)CCCC1. The lowest BCUT2D eigenvalue weighted by Crippen LogP contribution is -2.30. The highest BCUT2D eigenvalue weighted by Crippen LogP contribution is 2.43. The van der Waals surface area contributed by atoms with Crippen LogP contribution in [0.1, 0.15) is 52.4 Å². The van der Waals surface area contributed by atoms with Gasteiger partial charge in [-0.2, -0.15) is 0 Å². The van der Waals surface area contributed by atoms with Crippen molar-refractivity contribution in [2.75, 3.05) is 13.2 Å². The smallest absolute Gasteiger partial charge is 0.330 e. The minimum atomic E-state index is -0.324.